The summed E-state index contributed by atoms with van der Waals surface area (Å²) < 4.78 is 0. The number of fused-ring (bicyclic) bond motifs is 1. The van der Waals surface area contributed by atoms with Gasteiger partial charge in [-0.3, -0.25) is 15.1 Å². The Balaban J connectivity index is 1.73. The Bertz CT molecular complexity index is 591. The van der Waals surface area contributed by atoms with Crippen LogP contribution in [0.25, 0.3) is 10.9 Å². The largest absolute Gasteiger partial charge is 0.351 e. The van der Waals surface area contributed by atoms with Crippen LogP contribution < -0.4 is 10.6 Å². The predicted octanol–water partition coefficient (Wildman–Crippen LogP) is 1.51. The number of benzene rings is 1. The Kier molecular flexibility index (Phi) is 3.66. The second-order valence-corrected chi connectivity index (χ2v) is 5.51. The molecule has 19 heavy (non-hydrogen) atoms. The molecule has 1 aliphatic heterocycles. The molecule has 0 bridgehead atoms. The number of carbonyl (C=O) groups excluding carboxylic acids is 1. The third kappa shape index (κ3) is 2.72. The number of para-hydroxylation sites is 1. The molecule has 1 fully saturated rings. The fourth-order valence-electron chi connectivity index (χ4n) is 2.18. The maximum atomic E-state index is 12.0. The standard InChI is InChI=1S/C14H15N3OS/c18-14(13-8-19-9-17-13)16-7-10-5-6-15-12-4-2-1-3-11(10)12/h1-6,13,17H,7-9H2,(H,16,18). The monoisotopic (exact) mass is 273 g/mol. The van der Waals surface area contributed by atoms with Crippen LogP contribution in [-0.2, 0) is 11.3 Å². The predicted molar refractivity (Wildman–Crippen MR) is 77.8 cm³/mol. The van der Waals surface area contributed by atoms with Crippen molar-refractivity contribution in [1.29, 1.82) is 0 Å². The highest BCUT2D eigenvalue weighted by atomic mass is 32.2. The van der Waals surface area contributed by atoms with Gasteiger partial charge in [0, 0.05) is 29.8 Å². The van der Waals surface area contributed by atoms with Gasteiger partial charge >= 0.3 is 0 Å². The molecular weight excluding hydrogens is 258 g/mol. The van der Waals surface area contributed by atoms with E-state index in [1.165, 1.54) is 0 Å². The van der Waals surface area contributed by atoms with Gasteiger partial charge in [-0.25, -0.2) is 0 Å². The summed E-state index contributed by atoms with van der Waals surface area (Å²) in [6, 6.07) is 9.88. The molecule has 1 unspecified atom stereocenters. The number of nitrogens with one attached hydrogen (secondary N) is 2. The Morgan fingerprint density at radius 1 is 1.42 bits per heavy atom. The van der Waals surface area contributed by atoms with Crippen molar-refractivity contribution in [3.63, 3.8) is 0 Å². The van der Waals surface area contributed by atoms with Gasteiger partial charge in [-0.2, -0.15) is 0 Å². The van der Waals surface area contributed by atoms with Gasteiger partial charge in [-0.05, 0) is 17.7 Å². The van der Waals surface area contributed by atoms with Crippen LogP contribution in [0.2, 0.25) is 0 Å². The van der Waals surface area contributed by atoms with Gasteiger partial charge in [0.15, 0.2) is 0 Å². The highest BCUT2D eigenvalue weighted by molar-refractivity contribution is 7.99. The van der Waals surface area contributed by atoms with E-state index in [9.17, 15) is 4.79 Å². The molecule has 2 aromatic rings. The lowest BCUT2D eigenvalue weighted by Crippen LogP contribution is -2.41. The molecule has 4 nitrogen and oxygen atoms in total. The molecule has 1 atom stereocenters. The first kappa shape index (κ1) is 12.4. The first-order chi connectivity index (χ1) is 9.34. The van der Waals surface area contributed by atoms with Gasteiger partial charge in [0.2, 0.25) is 5.91 Å². The van der Waals surface area contributed by atoms with Crippen molar-refractivity contribution in [1.82, 2.24) is 15.6 Å². The van der Waals surface area contributed by atoms with E-state index in [-0.39, 0.29) is 11.9 Å². The third-order valence-corrected chi connectivity index (χ3v) is 4.17. The van der Waals surface area contributed by atoms with Crippen molar-refractivity contribution in [3.8, 4) is 0 Å². The fraction of sp³-hybridized carbons (Fsp3) is 0.286. The van der Waals surface area contributed by atoms with Crippen molar-refractivity contribution in [2.24, 2.45) is 0 Å². The number of thioether (sulfide) groups is 1. The smallest absolute Gasteiger partial charge is 0.238 e. The summed E-state index contributed by atoms with van der Waals surface area (Å²) in [7, 11) is 0. The van der Waals surface area contributed by atoms with Crippen LogP contribution in [-0.4, -0.2) is 28.6 Å². The molecule has 98 valence electrons. The number of hydrogen-bond acceptors (Lipinski definition) is 4. The molecule has 2 N–H and O–H groups in total. The van der Waals surface area contributed by atoms with Gasteiger partial charge in [-0.1, -0.05) is 18.2 Å². The highest BCUT2D eigenvalue weighted by Gasteiger charge is 2.21. The van der Waals surface area contributed by atoms with Crippen LogP contribution in [0.1, 0.15) is 5.56 Å². The zero-order chi connectivity index (χ0) is 13.1. The number of nitrogens with zero attached hydrogens (tertiary/aromatic N) is 1. The van der Waals surface area contributed by atoms with Crippen molar-refractivity contribution >= 4 is 28.6 Å². The van der Waals surface area contributed by atoms with Crippen LogP contribution in [0, 0.1) is 0 Å². The molecule has 0 aliphatic carbocycles. The summed E-state index contributed by atoms with van der Waals surface area (Å²) in [5, 5.41) is 7.26. The molecule has 1 saturated heterocycles. The molecule has 2 heterocycles. The second-order valence-electron chi connectivity index (χ2n) is 4.48. The summed E-state index contributed by atoms with van der Waals surface area (Å²) in [6.07, 6.45) is 1.79. The van der Waals surface area contributed by atoms with E-state index in [0.29, 0.717) is 6.54 Å². The second kappa shape index (κ2) is 5.59. The van der Waals surface area contributed by atoms with Crippen molar-refractivity contribution in [2.45, 2.75) is 12.6 Å². The molecule has 1 amide bonds. The van der Waals surface area contributed by atoms with Gasteiger partial charge in [0.1, 0.15) is 0 Å². The minimum absolute atomic E-state index is 0.0573. The number of hydrogen-bond donors (Lipinski definition) is 2. The Morgan fingerprint density at radius 2 is 2.32 bits per heavy atom. The van der Waals surface area contributed by atoms with Crippen LogP contribution in [0.5, 0.6) is 0 Å². The first-order valence-electron chi connectivity index (χ1n) is 6.26. The zero-order valence-electron chi connectivity index (χ0n) is 10.4. The SMILES string of the molecule is O=C(NCc1ccnc2ccccc12)C1CSCN1. The molecule has 0 spiro atoms. The Morgan fingerprint density at radius 3 is 3.16 bits per heavy atom. The lowest BCUT2D eigenvalue weighted by molar-refractivity contribution is -0.122. The molecule has 1 aliphatic rings. The fourth-order valence-corrected chi connectivity index (χ4v) is 3.12. The molecule has 3 rings (SSSR count). The number of amides is 1. The lowest BCUT2D eigenvalue weighted by atomic mass is 10.1. The van der Waals surface area contributed by atoms with E-state index in [2.05, 4.69) is 15.6 Å². The summed E-state index contributed by atoms with van der Waals surface area (Å²) >= 11 is 1.75. The van der Waals surface area contributed by atoms with Crippen molar-refractivity contribution in [2.75, 3.05) is 11.6 Å². The zero-order valence-corrected chi connectivity index (χ0v) is 11.2. The summed E-state index contributed by atoms with van der Waals surface area (Å²) in [6.45, 7) is 0.546. The van der Waals surface area contributed by atoms with Crippen LogP contribution >= 0.6 is 11.8 Å². The van der Waals surface area contributed by atoms with Crippen LogP contribution in [0.4, 0.5) is 0 Å². The molecule has 0 radical (unpaired) electrons. The number of carbonyl (C=O) groups is 1. The number of pyridine rings is 1. The van der Waals surface area contributed by atoms with Crippen molar-refractivity contribution < 1.29 is 4.79 Å². The topological polar surface area (TPSA) is 54.0 Å². The van der Waals surface area contributed by atoms with E-state index >= 15 is 0 Å². The Labute approximate surface area is 116 Å². The average Bonchev–Trinajstić information content (AvgIpc) is 2.99. The van der Waals surface area contributed by atoms with E-state index < -0.39 is 0 Å². The summed E-state index contributed by atoms with van der Waals surface area (Å²) in [5.74, 6) is 1.78. The highest BCUT2D eigenvalue weighted by Crippen LogP contribution is 2.16. The number of aromatic nitrogens is 1. The molecule has 5 heteroatoms. The van der Waals surface area contributed by atoms with Gasteiger partial charge in [0.25, 0.3) is 0 Å². The van der Waals surface area contributed by atoms with Gasteiger partial charge in [-0.15, -0.1) is 11.8 Å². The van der Waals surface area contributed by atoms with Crippen molar-refractivity contribution in [3.05, 3.63) is 42.1 Å². The van der Waals surface area contributed by atoms with E-state index in [1.54, 1.807) is 18.0 Å². The lowest BCUT2D eigenvalue weighted by Gasteiger charge is -2.11. The molecule has 0 saturated carbocycles. The van der Waals surface area contributed by atoms with Crippen LogP contribution in [0.3, 0.4) is 0 Å². The first-order valence-corrected chi connectivity index (χ1v) is 7.41. The minimum atomic E-state index is -0.0573. The maximum absolute atomic E-state index is 12.0. The van der Waals surface area contributed by atoms with E-state index in [1.807, 2.05) is 30.3 Å². The third-order valence-electron chi connectivity index (χ3n) is 3.23. The molecular formula is C14H15N3OS. The minimum Gasteiger partial charge on any atom is -0.351 e. The maximum Gasteiger partial charge on any atom is 0.238 e. The summed E-state index contributed by atoms with van der Waals surface area (Å²) in [5.41, 5.74) is 2.06. The summed E-state index contributed by atoms with van der Waals surface area (Å²) in [4.78, 5) is 16.3. The van der Waals surface area contributed by atoms with E-state index in [0.717, 1.165) is 28.1 Å². The number of rotatable bonds is 3. The molecule has 1 aromatic carbocycles. The quantitative estimate of drug-likeness (QED) is 0.890. The van der Waals surface area contributed by atoms with Gasteiger partial charge < -0.3 is 5.32 Å². The van der Waals surface area contributed by atoms with Crippen LogP contribution in [0.15, 0.2) is 36.5 Å². The van der Waals surface area contributed by atoms with Gasteiger partial charge in [0.05, 0.1) is 11.6 Å². The van der Waals surface area contributed by atoms with E-state index in [4.69, 9.17) is 0 Å². The normalized spacial score (nSPS) is 18.6. The Hall–Kier alpha value is -1.59. The average molecular weight is 273 g/mol. The molecule has 1 aromatic heterocycles.